The fourth-order valence-electron chi connectivity index (χ4n) is 8.20. The van der Waals surface area contributed by atoms with Gasteiger partial charge in [0.1, 0.15) is 36.3 Å². The highest BCUT2D eigenvalue weighted by molar-refractivity contribution is 5.99. The molecule has 4 heterocycles. The molecule has 8 atom stereocenters. The zero-order valence-corrected chi connectivity index (χ0v) is 34.4. The van der Waals surface area contributed by atoms with Crippen molar-refractivity contribution >= 4 is 58.3 Å². The van der Waals surface area contributed by atoms with Crippen LogP contribution in [0.2, 0.25) is 0 Å². The van der Waals surface area contributed by atoms with Crippen LogP contribution in [0.5, 0.6) is 0 Å². The first-order valence-corrected chi connectivity index (χ1v) is 20.9. The van der Waals surface area contributed by atoms with Gasteiger partial charge in [0, 0.05) is 49.7 Å². The normalized spacial score (nSPS) is 26.4. The number of amides is 6. The number of nitrogens with one attached hydrogen (secondary N) is 5. The maximum absolute atomic E-state index is 14.9. The molecule has 0 saturated carbocycles. The molecule has 0 spiro atoms. The number of nitrogens with two attached hydrogens (primary N) is 4. The lowest BCUT2D eigenvalue weighted by atomic mass is 9.95. The van der Waals surface area contributed by atoms with Crippen molar-refractivity contribution in [2.45, 2.75) is 120 Å². The number of aromatic amines is 1. The topological polar surface area (TPSA) is 322 Å². The lowest BCUT2D eigenvalue weighted by molar-refractivity contribution is -0.152. The number of aromatic nitrogens is 1. The van der Waals surface area contributed by atoms with E-state index in [0.717, 1.165) is 16.5 Å². The number of carbonyl (C=O) groups excluding carboxylic acids is 6. The van der Waals surface area contributed by atoms with E-state index in [0.29, 0.717) is 25.7 Å². The van der Waals surface area contributed by atoms with Gasteiger partial charge in [0.2, 0.25) is 35.4 Å². The molecule has 0 bridgehead atoms. The van der Waals surface area contributed by atoms with Gasteiger partial charge in [-0.3, -0.25) is 38.8 Å². The molecule has 1 aromatic carbocycles. The van der Waals surface area contributed by atoms with Gasteiger partial charge in [-0.25, -0.2) is 0 Å². The molecule has 328 valence electrons. The van der Waals surface area contributed by atoms with Crippen LogP contribution < -0.4 is 44.2 Å². The molecule has 60 heavy (non-hydrogen) atoms. The Bertz CT molecular complexity index is 1930. The monoisotopic (exact) mass is 835 g/mol. The van der Waals surface area contributed by atoms with Crippen LogP contribution in [0.1, 0.15) is 77.2 Å². The summed E-state index contributed by atoms with van der Waals surface area (Å²) < 4.78 is 0. The fourth-order valence-corrected chi connectivity index (χ4v) is 8.20. The number of guanidine groups is 2. The second-order valence-electron chi connectivity index (χ2n) is 15.9. The molecule has 2 aromatic rings. The highest BCUT2D eigenvalue weighted by Crippen LogP contribution is 2.27. The largest absolute Gasteiger partial charge is 0.390 e. The Kier molecular flexibility index (Phi) is 15.7. The third kappa shape index (κ3) is 11.2. The van der Waals surface area contributed by atoms with Crippen molar-refractivity contribution in [3.05, 3.63) is 36.0 Å². The number of para-hydroxylation sites is 1. The summed E-state index contributed by atoms with van der Waals surface area (Å²) in [5.41, 5.74) is 23.7. The molecular formula is C40H61N13O7. The fraction of sp³-hybridized carbons (Fsp3) is 0.600. The van der Waals surface area contributed by atoms with Crippen molar-refractivity contribution in [1.29, 1.82) is 0 Å². The van der Waals surface area contributed by atoms with Gasteiger partial charge in [0.25, 0.3) is 0 Å². The number of nitrogens with zero attached hydrogens (tertiary/aromatic N) is 4. The Morgan fingerprint density at radius 3 is 2.02 bits per heavy atom. The minimum atomic E-state index is -1.34. The summed E-state index contributed by atoms with van der Waals surface area (Å²) in [4.78, 5) is 100. The van der Waals surface area contributed by atoms with E-state index in [-0.39, 0.29) is 76.6 Å². The van der Waals surface area contributed by atoms with E-state index in [1.807, 2.05) is 31.2 Å². The van der Waals surface area contributed by atoms with Gasteiger partial charge >= 0.3 is 0 Å². The van der Waals surface area contributed by atoms with Crippen LogP contribution in [0.15, 0.2) is 40.4 Å². The van der Waals surface area contributed by atoms with Crippen molar-refractivity contribution < 1.29 is 33.9 Å². The number of fused-ring (bicyclic) bond motifs is 3. The summed E-state index contributed by atoms with van der Waals surface area (Å²) in [7, 11) is 0. The van der Waals surface area contributed by atoms with Crippen molar-refractivity contribution in [3.8, 4) is 0 Å². The van der Waals surface area contributed by atoms with Crippen LogP contribution in [0.25, 0.3) is 10.9 Å². The molecule has 5 rings (SSSR count). The number of H-pyrrole nitrogens is 1. The smallest absolute Gasteiger partial charge is 0.246 e. The average Bonchev–Trinajstić information content (AvgIpc) is 3.83. The van der Waals surface area contributed by atoms with Crippen molar-refractivity contribution in [1.82, 2.24) is 36.1 Å². The molecule has 0 unspecified atom stereocenters. The van der Waals surface area contributed by atoms with Gasteiger partial charge in [0.05, 0.1) is 6.10 Å². The maximum Gasteiger partial charge on any atom is 0.246 e. The Labute approximate surface area is 349 Å². The number of aliphatic hydroxyl groups excluding tert-OH is 1. The van der Waals surface area contributed by atoms with Gasteiger partial charge in [-0.2, -0.15) is 0 Å². The third-order valence-corrected chi connectivity index (χ3v) is 11.7. The number of benzene rings is 1. The van der Waals surface area contributed by atoms with Crippen molar-refractivity contribution in [2.24, 2.45) is 38.8 Å². The molecule has 3 aliphatic rings. The van der Waals surface area contributed by atoms with Crippen LogP contribution in [0, 0.1) is 5.92 Å². The molecule has 0 aliphatic carbocycles. The Morgan fingerprint density at radius 1 is 0.767 bits per heavy atom. The highest BCUT2D eigenvalue weighted by atomic mass is 16.3. The molecule has 3 fully saturated rings. The zero-order valence-electron chi connectivity index (χ0n) is 34.4. The number of carbonyl (C=O) groups is 6. The van der Waals surface area contributed by atoms with Gasteiger partial charge in [-0.05, 0) is 68.9 Å². The van der Waals surface area contributed by atoms with Crippen LogP contribution in [0.3, 0.4) is 0 Å². The van der Waals surface area contributed by atoms with E-state index in [2.05, 4.69) is 36.2 Å². The van der Waals surface area contributed by atoms with E-state index in [9.17, 15) is 33.9 Å². The van der Waals surface area contributed by atoms with E-state index in [1.54, 1.807) is 13.1 Å². The summed E-state index contributed by atoms with van der Waals surface area (Å²) in [6.07, 6.45) is 3.23. The van der Waals surface area contributed by atoms with E-state index < -0.39 is 83.7 Å². The van der Waals surface area contributed by atoms with Crippen LogP contribution in [-0.2, 0) is 35.2 Å². The number of piperidine rings is 1. The van der Waals surface area contributed by atoms with Crippen LogP contribution in [0.4, 0.5) is 0 Å². The lowest BCUT2D eigenvalue weighted by Gasteiger charge is -2.40. The maximum atomic E-state index is 14.9. The predicted molar refractivity (Wildman–Crippen MR) is 224 cm³/mol. The number of aliphatic hydroxyl groups is 1. The lowest BCUT2D eigenvalue weighted by Crippen LogP contribution is -2.64. The molecule has 3 saturated heterocycles. The van der Waals surface area contributed by atoms with Crippen LogP contribution in [-0.4, -0.2) is 136 Å². The first-order chi connectivity index (χ1) is 28.7. The first kappa shape index (κ1) is 45.2. The van der Waals surface area contributed by atoms with E-state index >= 15 is 0 Å². The van der Waals surface area contributed by atoms with Crippen LogP contribution >= 0.6 is 0 Å². The van der Waals surface area contributed by atoms with Gasteiger partial charge < -0.3 is 64.1 Å². The van der Waals surface area contributed by atoms with Gasteiger partial charge in [-0.15, -0.1) is 0 Å². The second kappa shape index (κ2) is 20.9. The highest BCUT2D eigenvalue weighted by Gasteiger charge is 2.47. The molecule has 14 N–H and O–H groups in total. The van der Waals surface area contributed by atoms with Gasteiger partial charge in [0.15, 0.2) is 11.9 Å². The standard InChI is InChI=1S/C40H61N13O7/c1-3-22(2)31-35(57)49-27(13-9-17-46-40(43)44)33(55)48-26(12-8-16-45-39(41)42)34(56)50-28(20-23-21-47-25-11-5-4-10-24(23)25)37(59)52-18-7-6-14-29(52)38(60)53-19-15-30(54)32(53)36(58)51-31/h4-5,10-11,21-22,26-32,47,54H,3,6-9,12-20H2,1-2H3,(H,48,55)(H,49,57)(H,50,56)(H,51,58)(H4,41,42,45)(H4,43,44,46)/t22-,26-,27+,28-,29+,30-,31-,32+/m0/s1. The Morgan fingerprint density at radius 2 is 1.38 bits per heavy atom. The minimum Gasteiger partial charge on any atom is -0.390 e. The number of hydrogen-bond acceptors (Lipinski definition) is 9. The summed E-state index contributed by atoms with van der Waals surface area (Å²) in [6.45, 7) is 4.12. The molecular weight excluding hydrogens is 775 g/mol. The summed E-state index contributed by atoms with van der Waals surface area (Å²) in [5, 5.41) is 23.2. The quantitative estimate of drug-likeness (QED) is 0.0644. The molecule has 20 nitrogen and oxygen atoms in total. The summed E-state index contributed by atoms with van der Waals surface area (Å²) >= 11 is 0. The van der Waals surface area contributed by atoms with Gasteiger partial charge in [-0.1, -0.05) is 38.5 Å². The molecule has 3 aliphatic heterocycles. The Balaban J connectivity index is 1.58. The molecule has 20 heteroatoms. The summed E-state index contributed by atoms with van der Waals surface area (Å²) in [6, 6.07) is 0.366. The zero-order chi connectivity index (χ0) is 43.5. The van der Waals surface area contributed by atoms with E-state index in [1.165, 1.54) is 9.80 Å². The molecule has 6 amide bonds. The Hall–Kier alpha value is -5.92. The van der Waals surface area contributed by atoms with E-state index in [4.69, 9.17) is 22.9 Å². The second-order valence-corrected chi connectivity index (χ2v) is 15.9. The average molecular weight is 836 g/mol. The van der Waals surface area contributed by atoms with Crippen molar-refractivity contribution in [3.63, 3.8) is 0 Å². The number of aliphatic imine (C=N–C) groups is 2. The van der Waals surface area contributed by atoms with Crippen molar-refractivity contribution in [2.75, 3.05) is 26.2 Å². The first-order valence-electron chi connectivity index (χ1n) is 20.9. The number of hydrogen-bond donors (Lipinski definition) is 10. The number of rotatable bonds is 12. The molecule has 1 aromatic heterocycles. The SMILES string of the molecule is CC[C@H](C)[C@@H]1NC(=O)[C@H]2[C@@H](O)CCN2C(=O)[C@H]2CCCCN2C(=O)[C@H](Cc2c[nH]c3ccccc23)NC(=O)[C@H](CCCN=C(N)N)NC(=O)[C@@H](CCCN=C(N)N)NC1=O. The summed E-state index contributed by atoms with van der Waals surface area (Å²) in [5.74, 6) is -4.56. The third-order valence-electron chi connectivity index (χ3n) is 11.7. The predicted octanol–water partition coefficient (Wildman–Crippen LogP) is -1.84. The molecule has 0 radical (unpaired) electrons. The minimum absolute atomic E-state index is 0.0363.